The molecule has 45 heavy (non-hydrogen) atoms. The van der Waals surface area contributed by atoms with E-state index in [2.05, 4.69) is 21.3 Å². The molecule has 2 aromatic rings. The topological polar surface area (TPSA) is 178 Å². The summed E-state index contributed by atoms with van der Waals surface area (Å²) in [5.74, 6) is 0.528. The maximum absolute atomic E-state index is 13.2. The van der Waals surface area contributed by atoms with E-state index in [1.54, 1.807) is 12.1 Å². The zero-order valence-electron chi connectivity index (χ0n) is 26.1. The van der Waals surface area contributed by atoms with E-state index in [4.69, 9.17) is 29.4 Å². The van der Waals surface area contributed by atoms with E-state index in [9.17, 15) is 15.0 Å². The summed E-state index contributed by atoms with van der Waals surface area (Å²) in [6.07, 6.45) is 2.91. The Hall–Kier alpha value is -3.49. The van der Waals surface area contributed by atoms with Gasteiger partial charge in [-0.15, -0.1) is 0 Å². The molecule has 0 spiro atoms. The van der Waals surface area contributed by atoms with E-state index >= 15 is 0 Å². The van der Waals surface area contributed by atoms with Crippen LogP contribution in [0.3, 0.4) is 0 Å². The van der Waals surface area contributed by atoms with Gasteiger partial charge < -0.3 is 60.9 Å². The number of fused-ring (bicyclic) bond motifs is 3. The number of aliphatic hydroxyl groups is 1. The van der Waals surface area contributed by atoms with Crippen molar-refractivity contribution in [1.82, 2.24) is 21.3 Å². The van der Waals surface area contributed by atoms with Gasteiger partial charge >= 0.3 is 6.03 Å². The first-order valence-electron chi connectivity index (χ1n) is 15.8. The maximum Gasteiger partial charge on any atom is 0.315 e. The van der Waals surface area contributed by atoms with Crippen LogP contribution in [0.15, 0.2) is 24.3 Å². The van der Waals surface area contributed by atoms with Crippen LogP contribution >= 0.6 is 0 Å². The molecule has 248 valence electrons. The molecule has 0 bridgehead atoms. The van der Waals surface area contributed by atoms with Gasteiger partial charge in [0.2, 0.25) is 12.5 Å². The number of urea groups is 1. The number of aliphatic hydroxyl groups excluding tert-OH is 1. The van der Waals surface area contributed by atoms with Crippen LogP contribution in [0, 0.1) is 11.8 Å². The van der Waals surface area contributed by atoms with Crippen LogP contribution in [0.4, 0.5) is 4.79 Å². The second kappa shape index (κ2) is 15.7. The van der Waals surface area contributed by atoms with Crippen LogP contribution in [0.25, 0.3) is 0 Å². The molecule has 2 heterocycles. The van der Waals surface area contributed by atoms with Gasteiger partial charge in [0.25, 0.3) is 0 Å². The van der Waals surface area contributed by atoms with Crippen LogP contribution < -0.4 is 45.9 Å². The number of carbonyl (C=O) groups is 1. The molecule has 5 atom stereocenters. The van der Waals surface area contributed by atoms with Gasteiger partial charge in [0.1, 0.15) is 0 Å². The number of rotatable bonds is 16. The van der Waals surface area contributed by atoms with Crippen LogP contribution in [0.1, 0.15) is 54.3 Å². The van der Waals surface area contributed by atoms with E-state index < -0.39 is 18.2 Å². The summed E-state index contributed by atoms with van der Waals surface area (Å²) in [5.41, 5.74) is 7.97. The molecule has 2 aromatic carbocycles. The van der Waals surface area contributed by atoms with Gasteiger partial charge in [-0.2, -0.15) is 0 Å². The molecule has 13 heteroatoms. The molecule has 1 aliphatic carbocycles. The van der Waals surface area contributed by atoms with Gasteiger partial charge in [-0.25, -0.2) is 4.79 Å². The van der Waals surface area contributed by atoms with Crippen molar-refractivity contribution in [1.29, 1.82) is 0 Å². The standard InChI is InChI=1S/C32H47N5O8/c1-41-25-13-19(14-26(42-2)30(25)38)27-20-15-23-24(45-18-44-23)16-21(20)29(22-17-43-31(39)28(22)27)37-32(40)36-12-6-11-35-9-4-3-8-34-10-5-7-33/h13-16,22,27-29,31,34-35,38-39H,3-12,17-18,33H2,1-2H3,(H2,36,37,40)/t22?,27?,28-,29+,31?/m0/s1. The number of amides is 2. The lowest BCUT2D eigenvalue weighted by Crippen LogP contribution is -2.46. The van der Waals surface area contributed by atoms with Crippen molar-refractivity contribution in [3.8, 4) is 28.7 Å². The second-order valence-electron chi connectivity index (χ2n) is 11.6. The number of hydrogen-bond acceptors (Lipinski definition) is 11. The Morgan fingerprint density at radius 2 is 1.53 bits per heavy atom. The van der Waals surface area contributed by atoms with Crippen LogP contribution in [0.5, 0.6) is 28.7 Å². The number of carbonyl (C=O) groups excluding carboxylic acids is 1. The van der Waals surface area contributed by atoms with Crippen molar-refractivity contribution in [2.45, 2.75) is 43.9 Å². The highest BCUT2D eigenvalue weighted by Crippen LogP contribution is 2.56. The van der Waals surface area contributed by atoms with Gasteiger partial charge in [0.05, 0.1) is 26.9 Å². The van der Waals surface area contributed by atoms with E-state index in [0.29, 0.717) is 24.6 Å². The third kappa shape index (κ3) is 7.50. The lowest BCUT2D eigenvalue weighted by molar-refractivity contribution is -0.0855. The lowest BCUT2D eigenvalue weighted by Gasteiger charge is -2.41. The average Bonchev–Trinajstić information content (AvgIpc) is 3.67. The minimum absolute atomic E-state index is 0.0979. The van der Waals surface area contributed by atoms with Crippen LogP contribution in [-0.2, 0) is 4.74 Å². The molecule has 2 aliphatic heterocycles. The Balaban J connectivity index is 1.26. The fourth-order valence-corrected chi connectivity index (χ4v) is 6.59. The van der Waals surface area contributed by atoms with Crippen molar-refractivity contribution >= 4 is 6.03 Å². The third-order valence-corrected chi connectivity index (χ3v) is 8.82. The Bertz CT molecular complexity index is 1270. The molecule has 1 saturated heterocycles. The van der Waals surface area contributed by atoms with E-state index in [0.717, 1.165) is 68.6 Å². The Labute approximate surface area is 264 Å². The number of phenols is 1. The number of aromatic hydroxyl groups is 1. The van der Waals surface area contributed by atoms with Gasteiger partial charge in [-0.3, -0.25) is 0 Å². The third-order valence-electron chi connectivity index (χ3n) is 8.82. The van der Waals surface area contributed by atoms with Crippen molar-refractivity contribution in [3.63, 3.8) is 0 Å². The number of phenolic OH excluding ortho intramolecular Hbond substituents is 1. The summed E-state index contributed by atoms with van der Waals surface area (Å²) in [7, 11) is 2.95. The zero-order chi connectivity index (χ0) is 31.8. The van der Waals surface area contributed by atoms with E-state index in [1.165, 1.54) is 14.2 Å². The first-order valence-corrected chi connectivity index (χ1v) is 15.8. The molecule has 2 amide bonds. The summed E-state index contributed by atoms with van der Waals surface area (Å²) in [4.78, 5) is 13.2. The van der Waals surface area contributed by atoms with Gasteiger partial charge in [0.15, 0.2) is 29.3 Å². The van der Waals surface area contributed by atoms with E-state index in [-0.39, 0.29) is 48.5 Å². The number of hydrogen-bond donors (Lipinski definition) is 7. The Morgan fingerprint density at radius 1 is 0.911 bits per heavy atom. The predicted molar refractivity (Wildman–Crippen MR) is 167 cm³/mol. The monoisotopic (exact) mass is 629 g/mol. The number of benzene rings is 2. The Morgan fingerprint density at radius 3 is 2.18 bits per heavy atom. The number of nitrogens with two attached hydrogens (primary N) is 1. The summed E-state index contributed by atoms with van der Waals surface area (Å²) in [5, 5.41) is 34.7. The highest BCUT2D eigenvalue weighted by atomic mass is 16.7. The van der Waals surface area contributed by atoms with E-state index in [1.807, 2.05) is 12.1 Å². The molecule has 1 fully saturated rings. The zero-order valence-corrected chi connectivity index (χ0v) is 26.1. The first kappa shape index (κ1) is 32.9. The quantitative estimate of drug-likeness (QED) is 0.135. The van der Waals surface area contributed by atoms with Crippen molar-refractivity contribution in [3.05, 3.63) is 41.0 Å². The minimum atomic E-state index is -1.08. The normalized spacial score (nSPS) is 22.9. The summed E-state index contributed by atoms with van der Waals surface area (Å²) >= 11 is 0. The van der Waals surface area contributed by atoms with Crippen LogP contribution in [0.2, 0.25) is 0 Å². The number of ether oxygens (including phenoxy) is 5. The molecule has 0 aromatic heterocycles. The van der Waals surface area contributed by atoms with Crippen molar-refractivity contribution < 1.29 is 38.7 Å². The fraction of sp³-hybridized carbons (Fsp3) is 0.594. The van der Waals surface area contributed by atoms with Gasteiger partial charge in [-0.05, 0) is 99.4 Å². The highest BCUT2D eigenvalue weighted by molar-refractivity contribution is 5.75. The Kier molecular flexibility index (Phi) is 11.5. The molecule has 0 saturated carbocycles. The van der Waals surface area contributed by atoms with Crippen molar-refractivity contribution in [2.24, 2.45) is 17.6 Å². The minimum Gasteiger partial charge on any atom is -0.502 e. The number of methoxy groups -OCH3 is 2. The smallest absolute Gasteiger partial charge is 0.315 e. The molecular formula is C32H47N5O8. The predicted octanol–water partition coefficient (Wildman–Crippen LogP) is 1.90. The average molecular weight is 630 g/mol. The number of nitrogens with one attached hydrogen (secondary N) is 4. The summed E-state index contributed by atoms with van der Waals surface area (Å²) < 4.78 is 28.1. The lowest BCUT2D eigenvalue weighted by atomic mass is 9.65. The van der Waals surface area contributed by atoms with Crippen LogP contribution in [-0.4, -0.2) is 89.4 Å². The maximum atomic E-state index is 13.2. The fourth-order valence-electron chi connectivity index (χ4n) is 6.59. The first-order chi connectivity index (χ1) is 22.0. The second-order valence-corrected chi connectivity index (χ2v) is 11.6. The molecule has 8 N–H and O–H groups in total. The number of unbranched alkanes of at least 4 members (excludes halogenated alkanes) is 1. The molecular weight excluding hydrogens is 582 g/mol. The molecule has 3 aliphatic rings. The molecule has 0 radical (unpaired) electrons. The van der Waals surface area contributed by atoms with Gasteiger partial charge in [-0.1, -0.05) is 0 Å². The molecule has 5 rings (SSSR count). The SMILES string of the molecule is COc1cc(C2c3cc4c(cc3[C@@H](NC(=O)NCCCNCCCCNCCCN)C3COC(O)[C@H]23)OCO4)cc(OC)c1O. The largest absolute Gasteiger partial charge is 0.502 e. The molecule has 3 unspecified atom stereocenters. The van der Waals surface area contributed by atoms with Crippen molar-refractivity contribution in [2.75, 3.05) is 66.9 Å². The highest BCUT2D eigenvalue weighted by Gasteiger charge is 2.52. The summed E-state index contributed by atoms with van der Waals surface area (Å²) in [6, 6.07) is 6.55. The molecule has 13 nitrogen and oxygen atoms in total. The van der Waals surface area contributed by atoms with Gasteiger partial charge in [0, 0.05) is 24.3 Å². The summed E-state index contributed by atoms with van der Waals surface area (Å²) in [6.45, 7) is 5.29.